The SMILES string of the molecule is CCCCCCCCCCCCCCCCCCCCCCC(=O)OC[C@H](COP(=O)(O)OC[C@@H](O)COP(=O)(O)OC[C@@H](COC(=O)CCCCCCCCCCCCC)OC(=O)CCCCCCCCCCCC(C)C)OC(=O)CCCCCCCCCCCCCCCCCCCCC(C)C. The smallest absolute Gasteiger partial charge is 0.462 e. The second kappa shape index (κ2) is 76.4. The number of rotatable bonds is 84. The van der Waals surface area contributed by atoms with Crippen LogP contribution >= 0.6 is 15.6 Å². The van der Waals surface area contributed by atoms with Gasteiger partial charge in [0.1, 0.15) is 19.3 Å². The maximum atomic E-state index is 13.1. The molecular formula is C85H166O17P2. The zero-order valence-electron chi connectivity index (χ0n) is 68.3. The van der Waals surface area contributed by atoms with E-state index in [4.69, 9.17) is 37.0 Å². The summed E-state index contributed by atoms with van der Waals surface area (Å²) in [5.74, 6) is -0.548. The maximum absolute atomic E-state index is 13.1. The van der Waals surface area contributed by atoms with E-state index in [-0.39, 0.29) is 25.7 Å². The average Bonchev–Trinajstić information content (AvgIpc) is 0.907. The number of aliphatic hydroxyl groups is 1. The molecule has 5 atom stereocenters. The van der Waals surface area contributed by atoms with E-state index in [2.05, 4.69) is 41.5 Å². The number of unbranched alkanes of at least 4 members (excludes halogenated alkanes) is 54. The van der Waals surface area contributed by atoms with Gasteiger partial charge in [0.05, 0.1) is 26.4 Å². The number of esters is 4. The van der Waals surface area contributed by atoms with Crippen LogP contribution in [0.1, 0.15) is 452 Å². The normalized spacial score (nSPS) is 13.8. The van der Waals surface area contributed by atoms with Gasteiger partial charge in [-0.25, -0.2) is 9.13 Å². The Morgan fingerprint density at radius 1 is 0.260 bits per heavy atom. The summed E-state index contributed by atoms with van der Waals surface area (Å²) >= 11 is 0. The van der Waals surface area contributed by atoms with Gasteiger partial charge in [-0.15, -0.1) is 0 Å². The van der Waals surface area contributed by atoms with E-state index >= 15 is 0 Å². The number of phosphoric acid groups is 2. The Morgan fingerprint density at radius 3 is 0.654 bits per heavy atom. The van der Waals surface area contributed by atoms with Gasteiger partial charge in [-0.05, 0) is 37.5 Å². The van der Waals surface area contributed by atoms with Crippen LogP contribution in [0, 0.1) is 11.8 Å². The summed E-state index contributed by atoms with van der Waals surface area (Å²) in [7, 11) is -9.92. The highest BCUT2D eigenvalue weighted by Crippen LogP contribution is 2.45. The predicted octanol–water partition coefficient (Wildman–Crippen LogP) is 25.8. The van der Waals surface area contributed by atoms with Crippen LogP contribution in [0.3, 0.4) is 0 Å². The lowest BCUT2D eigenvalue weighted by atomic mass is 10.0. The van der Waals surface area contributed by atoms with Gasteiger partial charge in [0.2, 0.25) is 0 Å². The molecule has 0 spiro atoms. The highest BCUT2D eigenvalue weighted by molar-refractivity contribution is 7.47. The number of hydrogen-bond donors (Lipinski definition) is 3. The largest absolute Gasteiger partial charge is 0.472 e. The molecule has 0 aliphatic heterocycles. The van der Waals surface area contributed by atoms with E-state index in [1.54, 1.807) is 0 Å². The summed E-state index contributed by atoms with van der Waals surface area (Å²) in [5.41, 5.74) is 0. The summed E-state index contributed by atoms with van der Waals surface area (Å²) in [5, 5.41) is 10.7. The van der Waals surface area contributed by atoms with Gasteiger partial charge in [-0.1, -0.05) is 401 Å². The van der Waals surface area contributed by atoms with Crippen molar-refractivity contribution >= 4 is 39.5 Å². The fourth-order valence-corrected chi connectivity index (χ4v) is 14.8. The van der Waals surface area contributed by atoms with Gasteiger partial charge in [0.25, 0.3) is 0 Å². The van der Waals surface area contributed by atoms with Crippen molar-refractivity contribution in [2.24, 2.45) is 11.8 Å². The molecular weight excluding hydrogens is 1350 g/mol. The van der Waals surface area contributed by atoms with Gasteiger partial charge < -0.3 is 33.8 Å². The number of phosphoric ester groups is 2. The van der Waals surface area contributed by atoms with Crippen LogP contribution < -0.4 is 0 Å². The molecule has 0 aromatic rings. The molecule has 0 radical (unpaired) electrons. The number of ether oxygens (including phenoxy) is 4. The summed E-state index contributed by atoms with van der Waals surface area (Å²) in [6, 6.07) is 0. The second-order valence-corrected chi connectivity index (χ2v) is 34.4. The summed E-state index contributed by atoms with van der Waals surface area (Å²) < 4.78 is 68.8. The highest BCUT2D eigenvalue weighted by atomic mass is 31.2. The first kappa shape index (κ1) is 102. The number of carbonyl (C=O) groups is 4. The lowest BCUT2D eigenvalue weighted by molar-refractivity contribution is -0.161. The van der Waals surface area contributed by atoms with Crippen LogP contribution in [0.2, 0.25) is 0 Å². The molecule has 0 heterocycles. The first-order valence-electron chi connectivity index (χ1n) is 44.0. The minimum atomic E-state index is -4.97. The lowest BCUT2D eigenvalue weighted by Crippen LogP contribution is -2.30. The monoisotopic (exact) mass is 1520 g/mol. The van der Waals surface area contributed by atoms with Crippen molar-refractivity contribution in [1.82, 2.24) is 0 Å². The van der Waals surface area contributed by atoms with Crippen molar-refractivity contribution in [3.63, 3.8) is 0 Å². The standard InChI is InChI=1S/C85H166O17P2/c1-7-9-11-13-15-17-19-20-21-22-23-24-28-31-34-38-44-50-56-62-68-83(88)96-73-80(101-84(89)69-63-57-51-45-39-35-32-29-26-25-27-30-33-37-41-47-53-59-65-77(3)4)75-99-103(91,92)97-71-79(86)72-98-104(93,94)100-76-81(74-95-82(87)67-61-55-49-43-36-18-16-14-12-10-8-2)102-85(90)70-64-58-52-46-40-42-48-54-60-66-78(5)6/h77-81,86H,7-76H2,1-6H3,(H,91,92)(H,93,94)/t79-,80-,81-/m1/s1. The van der Waals surface area contributed by atoms with E-state index in [9.17, 15) is 43.2 Å². The van der Waals surface area contributed by atoms with E-state index < -0.39 is 97.5 Å². The van der Waals surface area contributed by atoms with Crippen LogP contribution in [-0.4, -0.2) is 96.7 Å². The molecule has 0 aromatic carbocycles. The van der Waals surface area contributed by atoms with Crippen molar-refractivity contribution < 1.29 is 80.2 Å². The molecule has 0 aliphatic carbocycles. The molecule has 0 fully saturated rings. The molecule has 0 bridgehead atoms. The minimum absolute atomic E-state index is 0.106. The van der Waals surface area contributed by atoms with Gasteiger partial charge in [0.15, 0.2) is 12.2 Å². The van der Waals surface area contributed by atoms with Gasteiger partial charge in [0, 0.05) is 25.7 Å². The maximum Gasteiger partial charge on any atom is 0.472 e. The topological polar surface area (TPSA) is 237 Å². The van der Waals surface area contributed by atoms with Gasteiger partial charge in [-0.2, -0.15) is 0 Å². The first-order valence-corrected chi connectivity index (χ1v) is 47.0. The molecule has 104 heavy (non-hydrogen) atoms. The molecule has 0 aromatic heterocycles. The number of carbonyl (C=O) groups excluding carboxylic acids is 4. The Labute approximate surface area is 638 Å². The predicted molar refractivity (Wildman–Crippen MR) is 428 cm³/mol. The zero-order chi connectivity index (χ0) is 76.4. The van der Waals surface area contributed by atoms with Crippen molar-refractivity contribution in [2.75, 3.05) is 39.6 Å². The summed E-state index contributed by atoms with van der Waals surface area (Å²) in [4.78, 5) is 73.1. The van der Waals surface area contributed by atoms with Crippen molar-refractivity contribution in [1.29, 1.82) is 0 Å². The summed E-state index contributed by atoms with van der Waals surface area (Å²) in [6.07, 6.45) is 68.1. The van der Waals surface area contributed by atoms with Gasteiger partial charge in [-0.3, -0.25) is 37.3 Å². The molecule has 0 amide bonds. The molecule has 0 aliphatic rings. The Morgan fingerprint density at radius 2 is 0.442 bits per heavy atom. The molecule has 2 unspecified atom stereocenters. The van der Waals surface area contributed by atoms with Crippen LogP contribution in [0.5, 0.6) is 0 Å². The fraction of sp³-hybridized carbons (Fsp3) is 0.953. The number of hydrogen-bond acceptors (Lipinski definition) is 15. The zero-order valence-corrected chi connectivity index (χ0v) is 70.1. The van der Waals surface area contributed by atoms with Crippen molar-refractivity contribution in [2.45, 2.75) is 471 Å². The molecule has 618 valence electrons. The third-order valence-electron chi connectivity index (χ3n) is 20.0. The first-order chi connectivity index (χ1) is 50.4. The third kappa shape index (κ3) is 78.2. The van der Waals surface area contributed by atoms with Crippen LogP contribution in [0.25, 0.3) is 0 Å². The quantitative estimate of drug-likeness (QED) is 0.0222. The van der Waals surface area contributed by atoms with Crippen LogP contribution in [0.4, 0.5) is 0 Å². The molecule has 0 saturated heterocycles. The van der Waals surface area contributed by atoms with Gasteiger partial charge >= 0.3 is 39.5 Å². The Hall–Kier alpha value is -1.94. The molecule has 0 saturated carbocycles. The van der Waals surface area contributed by atoms with E-state index in [1.165, 1.54) is 270 Å². The second-order valence-electron chi connectivity index (χ2n) is 31.5. The molecule has 0 rings (SSSR count). The Bertz CT molecular complexity index is 1990. The minimum Gasteiger partial charge on any atom is -0.462 e. The number of aliphatic hydroxyl groups excluding tert-OH is 1. The summed E-state index contributed by atoms with van der Waals surface area (Å²) in [6.45, 7) is 9.67. The van der Waals surface area contributed by atoms with E-state index in [0.29, 0.717) is 25.7 Å². The van der Waals surface area contributed by atoms with Crippen molar-refractivity contribution in [3.8, 4) is 0 Å². The Balaban J connectivity index is 5.21. The van der Waals surface area contributed by atoms with Crippen molar-refractivity contribution in [3.05, 3.63) is 0 Å². The fourth-order valence-electron chi connectivity index (χ4n) is 13.2. The highest BCUT2D eigenvalue weighted by Gasteiger charge is 2.30. The Kier molecular flexibility index (Phi) is 75.0. The molecule has 19 heteroatoms. The molecule has 3 N–H and O–H groups in total. The molecule has 17 nitrogen and oxygen atoms in total. The third-order valence-corrected chi connectivity index (χ3v) is 21.9. The van der Waals surface area contributed by atoms with Crippen LogP contribution in [-0.2, 0) is 65.4 Å². The van der Waals surface area contributed by atoms with E-state index in [1.807, 2.05) is 0 Å². The lowest BCUT2D eigenvalue weighted by Gasteiger charge is -2.21. The average molecular weight is 1520 g/mol. The van der Waals surface area contributed by atoms with Crippen LogP contribution in [0.15, 0.2) is 0 Å². The van der Waals surface area contributed by atoms with E-state index in [0.717, 1.165) is 102 Å².